The maximum Gasteiger partial charge on any atom is 0.194 e. The van der Waals surface area contributed by atoms with E-state index < -0.39 is 0 Å². The molecular weight excluding hydrogens is 284 g/mol. The summed E-state index contributed by atoms with van der Waals surface area (Å²) < 4.78 is 0. The number of carbonyl (C=O) groups is 1. The minimum absolute atomic E-state index is 0.0289. The lowest BCUT2D eigenvalue weighted by molar-refractivity contribution is 0.0977. The van der Waals surface area contributed by atoms with Gasteiger partial charge >= 0.3 is 0 Å². The first-order valence-corrected chi connectivity index (χ1v) is 7.25. The standard InChI is InChI=1S/C17H19ClN2O/c1-17(2,3)19-11-16(21)15-10-6-9-14(20-15)12-7-4-5-8-13(12)18/h4-10,19H,11H2,1-3H3. The zero-order valence-electron chi connectivity index (χ0n) is 12.5. The van der Waals surface area contributed by atoms with Crippen LogP contribution in [0.1, 0.15) is 31.3 Å². The number of hydrogen-bond donors (Lipinski definition) is 1. The summed E-state index contributed by atoms with van der Waals surface area (Å²) >= 11 is 6.17. The van der Waals surface area contributed by atoms with Gasteiger partial charge in [-0.2, -0.15) is 0 Å². The van der Waals surface area contributed by atoms with Gasteiger partial charge in [0.05, 0.1) is 12.2 Å². The first kappa shape index (κ1) is 15.7. The molecule has 0 radical (unpaired) electrons. The number of halogens is 1. The Kier molecular flexibility index (Phi) is 4.76. The molecule has 0 aliphatic rings. The first-order valence-electron chi connectivity index (χ1n) is 6.87. The Hall–Kier alpha value is -1.71. The van der Waals surface area contributed by atoms with Gasteiger partial charge in [0.2, 0.25) is 0 Å². The molecule has 110 valence electrons. The van der Waals surface area contributed by atoms with E-state index in [1.165, 1.54) is 0 Å². The average Bonchev–Trinajstić information content (AvgIpc) is 2.44. The van der Waals surface area contributed by atoms with E-state index in [-0.39, 0.29) is 17.9 Å². The number of carbonyl (C=O) groups excluding carboxylic acids is 1. The molecule has 1 heterocycles. The highest BCUT2D eigenvalue weighted by atomic mass is 35.5. The highest BCUT2D eigenvalue weighted by molar-refractivity contribution is 6.33. The Morgan fingerprint density at radius 2 is 1.86 bits per heavy atom. The highest BCUT2D eigenvalue weighted by Gasteiger charge is 2.14. The quantitative estimate of drug-likeness (QED) is 0.869. The monoisotopic (exact) mass is 302 g/mol. The van der Waals surface area contributed by atoms with Crippen molar-refractivity contribution in [1.29, 1.82) is 0 Å². The number of pyridine rings is 1. The van der Waals surface area contributed by atoms with Crippen molar-refractivity contribution in [2.75, 3.05) is 6.54 Å². The van der Waals surface area contributed by atoms with Crippen molar-refractivity contribution in [1.82, 2.24) is 10.3 Å². The molecule has 0 fully saturated rings. The fourth-order valence-electron chi connectivity index (χ4n) is 1.84. The zero-order chi connectivity index (χ0) is 15.5. The largest absolute Gasteiger partial charge is 0.305 e. The van der Waals surface area contributed by atoms with Gasteiger partial charge in [-0.1, -0.05) is 35.9 Å². The Labute approximate surface area is 130 Å². The number of hydrogen-bond acceptors (Lipinski definition) is 3. The predicted octanol–water partition coefficient (Wildman–Crippen LogP) is 3.97. The normalized spacial score (nSPS) is 11.4. The van der Waals surface area contributed by atoms with Crippen LogP contribution in [0.3, 0.4) is 0 Å². The Bertz CT molecular complexity index is 647. The van der Waals surface area contributed by atoms with Gasteiger partial charge in [-0.05, 0) is 39.0 Å². The summed E-state index contributed by atoms with van der Waals surface area (Å²) in [6.07, 6.45) is 0. The number of nitrogens with one attached hydrogen (secondary N) is 1. The maximum absolute atomic E-state index is 12.2. The molecule has 0 aliphatic heterocycles. The molecule has 0 spiro atoms. The molecule has 0 amide bonds. The van der Waals surface area contributed by atoms with Crippen LogP contribution >= 0.6 is 11.6 Å². The van der Waals surface area contributed by atoms with Gasteiger partial charge in [0, 0.05) is 16.1 Å². The van der Waals surface area contributed by atoms with Crippen molar-refractivity contribution >= 4 is 17.4 Å². The third-order valence-electron chi connectivity index (χ3n) is 2.96. The highest BCUT2D eigenvalue weighted by Crippen LogP contribution is 2.25. The number of nitrogens with zero attached hydrogens (tertiary/aromatic N) is 1. The topological polar surface area (TPSA) is 42.0 Å². The van der Waals surface area contributed by atoms with Crippen LogP contribution in [-0.2, 0) is 0 Å². The summed E-state index contributed by atoms with van der Waals surface area (Å²) in [4.78, 5) is 16.6. The summed E-state index contributed by atoms with van der Waals surface area (Å²) in [6, 6.07) is 12.9. The molecule has 21 heavy (non-hydrogen) atoms. The van der Waals surface area contributed by atoms with Crippen LogP contribution in [-0.4, -0.2) is 22.9 Å². The number of rotatable bonds is 4. The van der Waals surface area contributed by atoms with Crippen LogP contribution in [0.15, 0.2) is 42.5 Å². The molecular formula is C17H19ClN2O. The molecule has 1 aromatic carbocycles. The Morgan fingerprint density at radius 3 is 2.52 bits per heavy atom. The zero-order valence-corrected chi connectivity index (χ0v) is 13.2. The summed E-state index contributed by atoms with van der Waals surface area (Å²) in [5.74, 6) is -0.0289. The lowest BCUT2D eigenvalue weighted by atomic mass is 10.1. The summed E-state index contributed by atoms with van der Waals surface area (Å²) in [5, 5.41) is 3.80. The van der Waals surface area contributed by atoms with Crippen molar-refractivity contribution in [2.45, 2.75) is 26.3 Å². The lowest BCUT2D eigenvalue weighted by Gasteiger charge is -2.19. The minimum atomic E-state index is -0.101. The van der Waals surface area contributed by atoms with Crippen LogP contribution in [0.25, 0.3) is 11.3 Å². The number of benzene rings is 1. The molecule has 0 aliphatic carbocycles. The smallest absolute Gasteiger partial charge is 0.194 e. The SMILES string of the molecule is CC(C)(C)NCC(=O)c1cccc(-c2ccccc2Cl)n1. The molecule has 4 heteroatoms. The molecule has 0 unspecified atom stereocenters. The molecule has 2 rings (SSSR count). The van der Waals surface area contributed by atoms with E-state index in [1.54, 1.807) is 6.07 Å². The van der Waals surface area contributed by atoms with E-state index in [1.807, 2.05) is 57.2 Å². The van der Waals surface area contributed by atoms with E-state index in [4.69, 9.17) is 11.6 Å². The number of aromatic nitrogens is 1. The van der Waals surface area contributed by atoms with Crippen LogP contribution < -0.4 is 5.32 Å². The van der Waals surface area contributed by atoms with Crippen LogP contribution in [0.2, 0.25) is 5.02 Å². The lowest BCUT2D eigenvalue weighted by Crippen LogP contribution is -2.39. The van der Waals surface area contributed by atoms with Gasteiger partial charge in [-0.3, -0.25) is 4.79 Å². The van der Waals surface area contributed by atoms with Crippen LogP contribution in [0.4, 0.5) is 0 Å². The Balaban J connectivity index is 2.22. The second-order valence-corrected chi connectivity index (χ2v) is 6.32. The van der Waals surface area contributed by atoms with Crippen molar-refractivity contribution in [3.8, 4) is 11.3 Å². The predicted molar refractivity (Wildman–Crippen MR) is 86.8 cm³/mol. The molecule has 0 atom stereocenters. The van der Waals surface area contributed by atoms with Crippen LogP contribution in [0, 0.1) is 0 Å². The van der Waals surface area contributed by atoms with Crippen molar-refractivity contribution < 1.29 is 4.79 Å². The summed E-state index contributed by atoms with van der Waals surface area (Å²) in [5.41, 5.74) is 1.89. The van der Waals surface area contributed by atoms with Gasteiger partial charge in [0.15, 0.2) is 5.78 Å². The first-order chi connectivity index (χ1) is 9.87. The number of Topliss-reactive ketones (excluding diaryl/α,β-unsaturated/α-hetero) is 1. The van der Waals surface area contributed by atoms with Crippen molar-refractivity contribution in [2.24, 2.45) is 0 Å². The van der Waals surface area contributed by atoms with E-state index >= 15 is 0 Å². The third kappa shape index (κ3) is 4.38. The molecule has 2 aromatic rings. The maximum atomic E-state index is 12.2. The van der Waals surface area contributed by atoms with E-state index in [0.717, 1.165) is 5.56 Å². The van der Waals surface area contributed by atoms with Crippen molar-refractivity contribution in [3.63, 3.8) is 0 Å². The van der Waals surface area contributed by atoms with Gasteiger partial charge in [0.25, 0.3) is 0 Å². The third-order valence-corrected chi connectivity index (χ3v) is 3.29. The second-order valence-electron chi connectivity index (χ2n) is 5.91. The van der Waals surface area contributed by atoms with Gasteiger partial charge < -0.3 is 5.32 Å². The molecule has 0 saturated carbocycles. The molecule has 1 aromatic heterocycles. The van der Waals surface area contributed by atoms with Crippen molar-refractivity contribution in [3.05, 3.63) is 53.2 Å². The second kappa shape index (κ2) is 6.37. The fraction of sp³-hybridized carbons (Fsp3) is 0.294. The minimum Gasteiger partial charge on any atom is -0.305 e. The molecule has 3 nitrogen and oxygen atoms in total. The van der Waals surface area contributed by atoms with E-state index in [0.29, 0.717) is 16.4 Å². The Morgan fingerprint density at radius 1 is 1.14 bits per heavy atom. The molecule has 0 saturated heterocycles. The van der Waals surface area contributed by atoms with Gasteiger partial charge in [-0.25, -0.2) is 4.98 Å². The molecule has 0 bridgehead atoms. The fourth-order valence-corrected chi connectivity index (χ4v) is 2.08. The summed E-state index contributed by atoms with van der Waals surface area (Å²) in [6.45, 7) is 6.33. The number of ketones is 1. The van der Waals surface area contributed by atoms with Crippen LogP contribution in [0.5, 0.6) is 0 Å². The van der Waals surface area contributed by atoms with E-state index in [2.05, 4.69) is 10.3 Å². The van der Waals surface area contributed by atoms with Gasteiger partial charge in [0.1, 0.15) is 5.69 Å². The average molecular weight is 303 g/mol. The van der Waals surface area contributed by atoms with Gasteiger partial charge in [-0.15, -0.1) is 0 Å². The summed E-state index contributed by atoms with van der Waals surface area (Å²) in [7, 11) is 0. The molecule has 1 N–H and O–H groups in total. The van der Waals surface area contributed by atoms with E-state index in [9.17, 15) is 4.79 Å².